The summed E-state index contributed by atoms with van der Waals surface area (Å²) in [6.07, 6.45) is 10.7. The van der Waals surface area contributed by atoms with Crippen LogP contribution in [0.2, 0.25) is 0 Å². The van der Waals surface area contributed by atoms with Crippen LogP contribution >= 0.6 is 0 Å². The summed E-state index contributed by atoms with van der Waals surface area (Å²) in [4.78, 5) is 4.68. The molecule has 0 radical (unpaired) electrons. The molecule has 140 valence electrons. The molecule has 1 heteroatoms. The molecule has 0 aliphatic rings. The molecule has 0 fully saturated rings. The molecular weight excluding hydrogens is 326 g/mol. The Balaban J connectivity index is 1.64. The number of nitrogens with zero attached hydrogens (tertiary/aromatic N) is 1. The second kappa shape index (κ2) is 10.1. The van der Waals surface area contributed by atoms with Crippen molar-refractivity contribution in [1.82, 2.24) is 4.98 Å². The van der Waals surface area contributed by atoms with Gasteiger partial charge in [-0.2, -0.15) is 0 Å². The predicted molar refractivity (Wildman–Crippen MR) is 117 cm³/mol. The van der Waals surface area contributed by atoms with E-state index < -0.39 is 0 Å². The quantitative estimate of drug-likeness (QED) is 0.361. The van der Waals surface area contributed by atoms with Gasteiger partial charge in [0.2, 0.25) is 0 Å². The summed E-state index contributed by atoms with van der Waals surface area (Å²) in [7, 11) is 0. The summed E-state index contributed by atoms with van der Waals surface area (Å²) in [5.41, 5.74) is 7.53. The maximum Gasteiger partial charge on any atom is 0.0702 e. The average Bonchev–Trinajstić information content (AvgIpc) is 2.73. The minimum atomic E-state index is 1.05. The molecule has 2 aromatic carbocycles. The molecule has 0 saturated heterocycles. The Hall–Kier alpha value is -2.41. The highest BCUT2D eigenvalue weighted by atomic mass is 14.7. The van der Waals surface area contributed by atoms with Crippen LogP contribution in [0, 0.1) is 0 Å². The summed E-state index contributed by atoms with van der Waals surface area (Å²) in [5.74, 6) is 0. The van der Waals surface area contributed by atoms with E-state index in [4.69, 9.17) is 0 Å². The van der Waals surface area contributed by atoms with Crippen molar-refractivity contribution in [3.8, 4) is 22.4 Å². The molecule has 1 heterocycles. The molecule has 0 N–H and O–H groups in total. The Morgan fingerprint density at radius 2 is 1.19 bits per heavy atom. The van der Waals surface area contributed by atoms with Crippen molar-refractivity contribution in [2.75, 3.05) is 0 Å². The number of benzene rings is 2. The van der Waals surface area contributed by atoms with E-state index in [1.165, 1.54) is 59.9 Å². The molecule has 1 nitrogen and oxygen atoms in total. The minimum absolute atomic E-state index is 1.05. The third-order valence-electron chi connectivity index (χ3n) is 5.15. The average molecular weight is 358 g/mol. The van der Waals surface area contributed by atoms with Crippen molar-refractivity contribution in [3.05, 3.63) is 78.0 Å². The zero-order valence-corrected chi connectivity index (χ0v) is 16.7. The van der Waals surface area contributed by atoms with E-state index >= 15 is 0 Å². The van der Waals surface area contributed by atoms with Gasteiger partial charge in [-0.1, -0.05) is 94.1 Å². The normalized spacial score (nSPS) is 10.9. The summed E-state index contributed by atoms with van der Waals surface area (Å²) in [5, 5.41) is 0. The number of hydrogen-bond donors (Lipinski definition) is 0. The topological polar surface area (TPSA) is 12.9 Å². The number of aromatic nitrogens is 1. The Kier molecular flexibility index (Phi) is 7.21. The van der Waals surface area contributed by atoms with E-state index in [2.05, 4.69) is 79.5 Å². The molecule has 1 aromatic heterocycles. The monoisotopic (exact) mass is 357 g/mol. The number of hydrogen-bond acceptors (Lipinski definition) is 1. The summed E-state index contributed by atoms with van der Waals surface area (Å²) < 4.78 is 0. The van der Waals surface area contributed by atoms with E-state index in [0.29, 0.717) is 0 Å². The fourth-order valence-corrected chi connectivity index (χ4v) is 3.49. The van der Waals surface area contributed by atoms with Gasteiger partial charge in [-0.25, -0.2) is 0 Å². The standard InChI is InChI=1S/C26H31N/c1-3-5-6-7-9-22-12-19-26(27-20-22)25-17-15-24(16-18-25)23-13-10-21(8-4-2)11-14-23/h10-20H,3-9H2,1-2H3. The van der Waals surface area contributed by atoms with Gasteiger partial charge in [0.05, 0.1) is 5.69 Å². The molecule has 0 unspecified atom stereocenters. The van der Waals surface area contributed by atoms with Crippen LogP contribution in [0.15, 0.2) is 66.9 Å². The molecule has 27 heavy (non-hydrogen) atoms. The van der Waals surface area contributed by atoms with E-state index in [1.54, 1.807) is 0 Å². The first-order valence-corrected chi connectivity index (χ1v) is 10.4. The lowest BCUT2D eigenvalue weighted by molar-refractivity contribution is 0.666. The maximum atomic E-state index is 4.68. The molecule has 3 aromatic rings. The third kappa shape index (κ3) is 5.53. The van der Waals surface area contributed by atoms with Crippen molar-refractivity contribution in [1.29, 1.82) is 0 Å². The lowest BCUT2D eigenvalue weighted by atomic mass is 10.00. The van der Waals surface area contributed by atoms with Crippen molar-refractivity contribution in [2.24, 2.45) is 0 Å². The second-order valence-corrected chi connectivity index (χ2v) is 7.39. The highest BCUT2D eigenvalue weighted by molar-refractivity contribution is 5.69. The molecule has 0 amide bonds. The van der Waals surface area contributed by atoms with Gasteiger partial charge in [0.15, 0.2) is 0 Å². The SMILES string of the molecule is CCCCCCc1ccc(-c2ccc(-c3ccc(CCC)cc3)cc2)nc1. The van der Waals surface area contributed by atoms with E-state index in [1.807, 2.05) is 6.20 Å². The smallest absolute Gasteiger partial charge is 0.0702 e. The zero-order chi connectivity index (χ0) is 18.9. The second-order valence-electron chi connectivity index (χ2n) is 7.39. The van der Waals surface area contributed by atoms with Gasteiger partial charge in [-0.05, 0) is 47.6 Å². The molecule has 0 spiro atoms. The molecule has 0 aliphatic heterocycles. The van der Waals surface area contributed by atoms with E-state index in [-0.39, 0.29) is 0 Å². The Morgan fingerprint density at radius 1 is 0.556 bits per heavy atom. The van der Waals surface area contributed by atoms with Crippen LogP contribution < -0.4 is 0 Å². The molecular formula is C26H31N. The van der Waals surface area contributed by atoms with Crippen molar-refractivity contribution < 1.29 is 0 Å². The fraction of sp³-hybridized carbons (Fsp3) is 0.346. The fourth-order valence-electron chi connectivity index (χ4n) is 3.49. The van der Waals surface area contributed by atoms with E-state index in [0.717, 1.165) is 18.5 Å². The number of aryl methyl sites for hydroxylation is 2. The minimum Gasteiger partial charge on any atom is -0.256 e. The van der Waals surface area contributed by atoms with Gasteiger partial charge < -0.3 is 0 Å². The number of pyridine rings is 1. The van der Waals surface area contributed by atoms with Crippen molar-refractivity contribution in [3.63, 3.8) is 0 Å². The lowest BCUT2D eigenvalue weighted by Crippen LogP contribution is -1.90. The van der Waals surface area contributed by atoms with Crippen LogP contribution in [0.4, 0.5) is 0 Å². The Labute approximate surface area is 164 Å². The number of rotatable bonds is 9. The Bertz CT molecular complexity index is 798. The van der Waals surface area contributed by atoms with E-state index in [9.17, 15) is 0 Å². The maximum absolute atomic E-state index is 4.68. The van der Waals surface area contributed by atoms with Crippen LogP contribution in [0.1, 0.15) is 57.1 Å². The largest absolute Gasteiger partial charge is 0.256 e. The van der Waals surface area contributed by atoms with Crippen LogP contribution in [-0.4, -0.2) is 4.98 Å². The van der Waals surface area contributed by atoms with Crippen molar-refractivity contribution >= 4 is 0 Å². The molecule has 0 aliphatic carbocycles. The molecule has 0 bridgehead atoms. The first-order valence-electron chi connectivity index (χ1n) is 10.4. The van der Waals surface area contributed by atoms with Gasteiger partial charge in [0.1, 0.15) is 0 Å². The van der Waals surface area contributed by atoms with Crippen LogP contribution in [0.3, 0.4) is 0 Å². The highest BCUT2D eigenvalue weighted by Crippen LogP contribution is 2.24. The van der Waals surface area contributed by atoms with Gasteiger partial charge in [0.25, 0.3) is 0 Å². The molecule has 0 atom stereocenters. The van der Waals surface area contributed by atoms with Crippen molar-refractivity contribution in [2.45, 2.75) is 58.8 Å². The summed E-state index contributed by atoms with van der Waals surface area (Å²) >= 11 is 0. The van der Waals surface area contributed by atoms with Gasteiger partial charge in [-0.15, -0.1) is 0 Å². The zero-order valence-electron chi connectivity index (χ0n) is 16.7. The summed E-state index contributed by atoms with van der Waals surface area (Å²) in [6.45, 7) is 4.47. The van der Waals surface area contributed by atoms with Crippen LogP contribution in [0.5, 0.6) is 0 Å². The predicted octanol–water partition coefficient (Wildman–Crippen LogP) is 7.49. The molecule has 0 saturated carbocycles. The van der Waals surface area contributed by atoms with Crippen LogP contribution in [-0.2, 0) is 12.8 Å². The highest BCUT2D eigenvalue weighted by Gasteiger charge is 2.03. The van der Waals surface area contributed by atoms with Gasteiger partial charge >= 0.3 is 0 Å². The first-order chi connectivity index (χ1) is 13.3. The third-order valence-corrected chi connectivity index (χ3v) is 5.15. The lowest BCUT2D eigenvalue weighted by Gasteiger charge is -2.07. The number of unbranched alkanes of at least 4 members (excludes halogenated alkanes) is 3. The Morgan fingerprint density at radius 3 is 1.78 bits per heavy atom. The van der Waals surface area contributed by atoms with Gasteiger partial charge in [-0.3, -0.25) is 4.98 Å². The summed E-state index contributed by atoms with van der Waals surface area (Å²) in [6, 6.07) is 22.1. The van der Waals surface area contributed by atoms with Gasteiger partial charge in [0, 0.05) is 11.8 Å². The molecule has 3 rings (SSSR count). The van der Waals surface area contributed by atoms with Crippen LogP contribution in [0.25, 0.3) is 22.4 Å². The first kappa shape index (κ1) is 19.4.